The molecule has 106 valence electrons. The van der Waals surface area contributed by atoms with Crippen LogP contribution < -0.4 is 11.3 Å². The van der Waals surface area contributed by atoms with E-state index in [0.717, 1.165) is 24.9 Å². The Hall–Kier alpha value is -1.66. The normalized spacial score (nSPS) is 12.5. The number of nitro groups is 1. The molecule has 0 radical (unpaired) electrons. The van der Waals surface area contributed by atoms with Crippen LogP contribution in [0.5, 0.6) is 0 Å². The van der Waals surface area contributed by atoms with Crippen molar-refractivity contribution in [3.8, 4) is 0 Å². The third kappa shape index (κ3) is 4.18. The van der Waals surface area contributed by atoms with Crippen molar-refractivity contribution in [1.82, 2.24) is 4.90 Å². The highest BCUT2D eigenvalue weighted by Gasteiger charge is 2.15. The van der Waals surface area contributed by atoms with Crippen LogP contribution >= 0.6 is 0 Å². The molecule has 1 atom stereocenters. The standard InChI is InChI=1S/C13H22N4O2/c1-4-5-10(2)16(3)9-11-6-7-13(17(18)19)12(8-11)15-14/h6-8,10,15H,4-5,9,14H2,1-3H3. The third-order valence-corrected chi connectivity index (χ3v) is 3.30. The van der Waals surface area contributed by atoms with Crippen molar-refractivity contribution in [3.05, 3.63) is 33.9 Å². The molecule has 3 N–H and O–H groups in total. The van der Waals surface area contributed by atoms with Gasteiger partial charge in [0.25, 0.3) is 5.69 Å². The molecule has 1 unspecified atom stereocenters. The van der Waals surface area contributed by atoms with Crippen molar-refractivity contribution < 1.29 is 4.92 Å². The van der Waals surface area contributed by atoms with E-state index in [2.05, 4.69) is 31.2 Å². The van der Waals surface area contributed by atoms with E-state index in [1.54, 1.807) is 12.1 Å². The molecule has 0 saturated carbocycles. The lowest BCUT2D eigenvalue weighted by molar-refractivity contribution is -0.384. The van der Waals surface area contributed by atoms with E-state index < -0.39 is 4.92 Å². The molecule has 0 bridgehead atoms. The van der Waals surface area contributed by atoms with Crippen molar-refractivity contribution >= 4 is 11.4 Å². The summed E-state index contributed by atoms with van der Waals surface area (Å²) in [5.74, 6) is 5.33. The van der Waals surface area contributed by atoms with E-state index in [1.165, 1.54) is 6.07 Å². The highest BCUT2D eigenvalue weighted by atomic mass is 16.6. The molecule has 1 rings (SSSR count). The zero-order chi connectivity index (χ0) is 14.4. The summed E-state index contributed by atoms with van der Waals surface area (Å²) in [6.07, 6.45) is 2.27. The first-order valence-electron chi connectivity index (χ1n) is 6.43. The molecule has 0 aliphatic heterocycles. The summed E-state index contributed by atoms with van der Waals surface area (Å²) in [7, 11) is 2.05. The van der Waals surface area contributed by atoms with Crippen LogP contribution in [0.1, 0.15) is 32.3 Å². The maximum Gasteiger partial charge on any atom is 0.293 e. The monoisotopic (exact) mass is 266 g/mol. The Morgan fingerprint density at radius 3 is 2.74 bits per heavy atom. The van der Waals surface area contributed by atoms with Crippen LogP contribution in [0.3, 0.4) is 0 Å². The number of benzene rings is 1. The fourth-order valence-corrected chi connectivity index (χ4v) is 2.04. The molecule has 6 nitrogen and oxygen atoms in total. The fourth-order valence-electron chi connectivity index (χ4n) is 2.04. The van der Waals surface area contributed by atoms with E-state index >= 15 is 0 Å². The van der Waals surface area contributed by atoms with Crippen molar-refractivity contribution in [2.45, 2.75) is 39.3 Å². The fraction of sp³-hybridized carbons (Fsp3) is 0.538. The minimum Gasteiger partial charge on any atom is -0.318 e. The molecule has 1 aromatic carbocycles. The van der Waals surface area contributed by atoms with Crippen LogP contribution in [-0.4, -0.2) is 22.9 Å². The van der Waals surface area contributed by atoms with Crippen LogP contribution in [0.25, 0.3) is 0 Å². The van der Waals surface area contributed by atoms with E-state index in [0.29, 0.717) is 11.7 Å². The smallest absolute Gasteiger partial charge is 0.293 e. The Bertz CT molecular complexity index is 437. The predicted molar refractivity (Wildman–Crippen MR) is 76.7 cm³/mol. The second-order valence-electron chi connectivity index (χ2n) is 4.81. The van der Waals surface area contributed by atoms with Gasteiger partial charge in [-0.15, -0.1) is 0 Å². The maximum absolute atomic E-state index is 10.8. The summed E-state index contributed by atoms with van der Waals surface area (Å²) in [5, 5.41) is 10.8. The Labute approximate surface area is 113 Å². The average molecular weight is 266 g/mol. The van der Waals surface area contributed by atoms with Gasteiger partial charge in [0, 0.05) is 18.7 Å². The topological polar surface area (TPSA) is 84.4 Å². The first-order chi connectivity index (χ1) is 8.99. The van der Waals surface area contributed by atoms with Crippen LogP contribution in [-0.2, 0) is 6.54 Å². The first-order valence-corrected chi connectivity index (χ1v) is 6.43. The van der Waals surface area contributed by atoms with Gasteiger partial charge in [-0.2, -0.15) is 0 Å². The summed E-state index contributed by atoms with van der Waals surface area (Å²) in [6.45, 7) is 5.08. The Morgan fingerprint density at radius 2 is 2.21 bits per heavy atom. The van der Waals surface area contributed by atoms with Gasteiger partial charge < -0.3 is 5.43 Å². The second kappa shape index (κ2) is 7.06. The number of nitrogen functional groups attached to an aromatic ring is 1. The van der Waals surface area contributed by atoms with Gasteiger partial charge in [0.15, 0.2) is 0 Å². The van der Waals surface area contributed by atoms with Gasteiger partial charge in [-0.1, -0.05) is 19.4 Å². The average Bonchev–Trinajstić information content (AvgIpc) is 2.38. The number of nitrogens with one attached hydrogen (secondary N) is 1. The Kier molecular flexibility index (Phi) is 5.72. The molecule has 19 heavy (non-hydrogen) atoms. The van der Waals surface area contributed by atoms with Gasteiger partial charge >= 0.3 is 0 Å². The van der Waals surface area contributed by atoms with Gasteiger partial charge in [-0.05, 0) is 32.0 Å². The molecule has 0 heterocycles. The van der Waals surface area contributed by atoms with Crippen molar-refractivity contribution in [1.29, 1.82) is 0 Å². The highest BCUT2D eigenvalue weighted by molar-refractivity contribution is 5.62. The zero-order valence-corrected chi connectivity index (χ0v) is 11.7. The van der Waals surface area contributed by atoms with Crippen molar-refractivity contribution in [2.24, 2.45) is 5.84 Å². The number of hydrogen-bond acceptors (Lipinski definition) is 5. The number of hydrazine groups is 1. The third-order valence-electron chi connectivity index (χ3n) is 3.30. The molecule has 0 aromatic heterocycles. The van der Waals surface area contributed by atoms with Gasteiger partial charge in [0.1, 0.15) is 5.69 Å². The largest absolute Gasteiger partial charge is 0.318 e. The van der Waals surface area contributed by atoms with E-state index in [4.69, 9.17) is 5.84 Å². The summed E-state index contributed by atoms with van der Waals surface area (Å²) < 4.78 is 0. The number of nitrogens with zero attached hydrogens (tertiary/aromatic N) is 2. The molecule has 0 saturated heterocycles. The summed E-state index contributed by atoms with van der Waals surface area (Å²) in [4.78, 5) is 12.6. The number of rotatable bonds is 7. The van der Waals surface area contributed by atoms with Gasteiger partial charge in [-0.25, -0.2) is 0 Å². The molecule has 0 aliphatic rings. The van der Waals surface area contributed by atoms with Crippen LogP contribution in [0.4, 0.5) is 11.4 Å². The summed E-state index contributed by atoms with van der Waals surface area (Å²) in [6, 6.07) is 5.47. The maximum atomic E-state index is 10.8. The Balaban J connectivity index is 2.82. The lowest BCUT2D eigenvalue weighted by Crippen LogP contribution is -2.28. The molecule has 1 aromatic rings. The van der Waals surface area contributed by atoms with Gasteiger partial charge in [0.2, 0.25) is 0 Å². The van der Waals surface area contributed by atoms with E-state index in [9.17, 15) is 10.1 Å². The second-order valence-corrected chi connectivity index (χ2v) is 4.81. The molecule has 0 fully saturated rings. The lowest BCUT2D eigenvalue weighted by atomic mass is 10.1. The molecule has 0 amide bonds. The minimum atomic E-state index is -0.442. The van der Waals surface area contributed by atoms with E-state index in [1.807, 2.05) is 0 Å². The summed E-state index contributed by atoms with van der Waals surface area (Å²) >= 11 is 0. The predicted octanol–water partition coefficient (Wildman–Crippen LogP) is 2.50. The SMILES string of the molecule is CCCC(C)N(C)Cc1ccc([N+](=O)[O-])c(NN)c1. The first kappa shape index (κ1) is 15.4. The lowest BCUT2D eigenvalue weighted by Gasteiger charge is -2.24. The molecule has 0 spiro atoms. The number of anilines is 1. The number of nitro benzene ring substituents is 1. The highest BCUT2D eigenvalue weighted by Crippen LogP contribution is 2.25. The van der Waals surface area contributed by atoms with Crippen LogP contribution in [0, 0.1) is 10.1 Å². The van der Waals surface area contributed by atoms with Gasteiger partial charge in [0.05, 0.1) is 4.92 Å². The molecule has 6 heteroatoms. The quantitative estimate of drug-likeness (QED) is 0.450. The van der Waals surface area contributed by atoms with Crippen molar-refractivity contribution in [2.75, 3.05) is 12.5 Å². The van der Waals surface area contributed by atoms with Crippen molar-refractivity contribution in [3.63, 3.8) is 0 Å². The number of hydrogen-bond donors (Lipinski definition) is 2. The zero-order valence-electron chi connectivity index (χ0n) is 11.7. The van der Waals surface area contributed by atoms with Gasteiger partial charge in [-0.3, -0.25) is 20.9 Å². The van der Waals surface area contributed by atoms with Crippen LogP contribution in [0.2, 0.25) is 0 Å². The van der Waals surface area contributed by atoms with Crippen LogP contribution in [0.15, 0.2) is 18.2 Å². The van der Waals surface area contributed by atoms with E-state index in [-0.39, 0.29) is 5.69 Å². The molecule has 0 aliphatic carbocycles. The molecular formula is C13H22N4O2. The number of nitrogens with two attached hydrogens (primary N) is 1. The summed E-state index contributed by atoms with van der Waals surface area (Å²) in [5.41, 5.74) is 3.73. The molecular weight excluding hydrogens is 244 g/mol. The Morgan fingerprint density at radius 1 is 1.53 bits per heavy atom. The minimum absolute atomic E-state index is 0.00416.